The number of nitrogens with one attached hydrogen (secondary N) is 2. The maximum Gasteiger partial charge on any atom is 0.315 e. The third-order valence-electron chi connectivity index (χ3n) is 5.69. The molecule has 1 aromatic carbocycles. The van der Waals surface area contributed by atoms with Crippen LogP contribution in [-0.2, 0) is 4.74 Å². The fraction of sp³-hybridized carbons (Fsp3) is 0.632. The number of hydrogen-bond donors (Lipinski definition) is 2. The normalized spacial score (nSPS) is 35.0. The summed E-state index contributed by atoms with van der Waals surface area (Å²) in [4.78, 5) is 12.5. The van der Waals surface area contributed by atoms with E-state index in [0.29, 0.717) is 5.92 Å². The number of thioether (sulfide) groups is 1. The predicted octanol–water partition coefficient (Wildman–Crippen LogP) is 3.59. The van der Waals surface area contributed by atoms with Gasteiger partial charge >= 0.3 is 6.03 Å². The number of ether oxygens (including phenoxy) is 1. The van der Waals surface area contributed by atoms with Gasteiger partial charge in [0.05, 0.1) is 11.6 Å². The van der Waals surface area contributed by atoms with E-state index in [9.17, 15) is 4.79 Å². The van der Waals surface area contributed by atoms with Crippen LogP contribution in [0.15, 0.2) is 24.3 Å². The van der Waals surface area contributed by atoms with Crippen molar-refractivity contribution in [2.45, 2.75) is 56.2 Å². The molecule has 4 atom stereocenters. The van der Waals surface area contributed by atoms with Crippen LogP contribution in [0.3, 0.4) is 0 Å². The lowest BCUT2D eigenvalue weighted by Crippen LogP contribution is -2.51. The summed E-state index contributed by atoms with van der Waals surface area (Å²) in [6, 6.07) is 8.79. The summed E-state index contributed by atoms with van der Waals surface area (Å²) in [7, 11) is 0. The van der Waals surface area contributed by atoms with Crippen LogP contribution in [0.25, 0.3) is 0 Å². The fourth-order valence-electron chi connectivity index (χ4n) is 4.42. The lowest BCUT2D eigenvalue weighted by atomic mass is 9.90. The van der Waals surface area contributed by atoms with Gasteiger partial charge in [-0.05, 0) is 48.5 Å². The summed E-state index contributed by atoms with van der Waals surface area (Å²) in [5, 5.41) is 6.40. The van der Waals surface area contributed by atoms with E-state index in [0.717, 1.165) is 38.0 Å². The molecule has 24 heavy (non-hydrogen) atoms. The second-order valence-corrected chi connectivity index (χ2v) is 8.57. The van der Waals surface area contributed by atoms with Gasteiger partial charge in [-0.1, -0.05) is 31.2 Å². The molecule has 2 aliphatic heterocycles. The lowest BCUT2D eigenvalue weighted by molar-refractivity contribution is -0.0684. The van der Waals surface area contributed by atoms with E-state index in [1.807, 2.05) is 11.8 Å². The molecule has 0 aromatic heterocycles. The Bertz CT molecular complexity index is 615. The number of amides is 2. The third kappa shape index (κ3) is 3.16. The maximum absolute atomic E-state index is 12.5. The Balaban J connectivity index is 1.36. The SMILES string of the molecule is C[C@@H]1C[C@H](NC(=O)N[C@H]2CCO[C@@]3(CCSC3)C2)c2ccccc21. The summed E-state index contributed by atoms with van der Waals surface area (Å²) >= 11 is 1.97. The Morgan fingerprint density at radius 2 is 2.12 bits per heavy atom. The van der Waals surface area contributed by atoms with Gasteiger partial charge in [-0.2, -0.15) is 11.8 Å². The first kappa shape index (κ1) is 16.3. The predicted molar refractivity (Wildman–Crippen MR) is 97.5 cm³/mol. The molecule has 3 aliphatic rings. The standard InChI is InChI=1S/C19H26N2O2S/c1-13-10-17(16-5-3-2-4-15(13)16)21-18(22)20-14-6-8-23-19(11-14)7-9-24-12-19/h2-5,13-14,17H,6-12H2,1H3,(H2,20,21,22)/t13-,14+,17+,19+/m1/s1. The molecule has 2 heterocycles. The summed E-state index contributed by atoms with van der Waals surface area (Å²) in [6.07, 6.45) is 3.97. The van der Waals surface area contributed by atoms with Crippen molar-refractivity contribution in [1.29, 1.82) is 0 Å². The Morgan fingerprint density at radius 1 is 1.29 bits per heavy atom. The molecular formula is C19H26N2O2S. The summed E-state index contributed by atoms with van der Waals surface area (Å²) < 4.78 is 6.04. The highest BCUT2D eigenvalue weighted by molar-refractivity contribution is 7.99. The molecule has 130 valence electrons. The van der Waals surface area contributed by atoms with Crippen LogP contribution in [0.2, 0.25) is 0 Å². The zero-order valence-electron chi connectivity index (χ0n) is 14.2. The minimum Gasteiger partial charge on any atom is -0.374 e. The Kier molecular flexibility index (Phi) is 4.48. The molecule has 0 radical (unpaired) electrons. The van der Waals surface area contributed by atoms with Crippen molar-refractivity contribution >= 4 is 17.8 Å². The summed E-state index contributed by atoms with van der Waals surface area (Å²) in [5.41, 5.74) is 2.65. The minimum absolute atomic E-state index is 0.00926. The van der Waals surface area contributed by atoms with Crippen LogP contribution in [-0.4, -0.2) is 35.8 Å². The van der Waals surface area contributed by atoms with Crippen molar-refractivity contribution in [3.05, 3.63) is 35.4 Å². The van der Waals surface area contributed by atoms with Crippen molar-refractivity contribution < 1.29 is 9.53 Å². The highest BCUT2D eigenvalue weighted by Crippen LogP contribution is 2.40. The first-order valence-corrected chi connectivity index (χ1v) is 10.2. The zero-order valence-corrected chi connectivity index (χ0v) is 15.0. The molecule has 0 saturated carbocycles. The molecule has 1 spiro atoms. The molecule has 4 rings (SSSR count). The van der Waals surface area contributed by atoms with E-state index < -0.39 is 0 Å². The number of fused-ring (bicyclic) bond motifs is 1. The molecular weight excluding hydrogens is 320 g/mol. The molecule has 1 aromatic rings. The van der Waals surface area contributed by atoms with E-state index in [1.54, 1.807) is 0 Å². The van der Waals surface area contributed by atoms with Crippen LogP contribution in [0.5, 0.6) is 0 Å². The van der Waals surface area contributed by atoms with Crippen molar-refractivity contribution in [2.75, 3.05) is 18.1 Å². The van der Waals surface area contributed by atoms with Crippen LogP contribution in [0.1, 0.15) is 55.7 Å². The van der Waals surface area contributed by atoms with Gasteiger partial charge < -0.3 is 15.4 Å². The number of hydrogen-bond acceptors (Lipinski definition) is 3. The van der Waals surface area contributed by atoms with Crippen LogP contribution in [0, 0.1) is 0 Å². The molecule has 0 unspecified atom stereocenters. The van der Waals surface area contributed by atoms with E-state index in [4.69, 9.17) is 4.74 Å². The average Bonchev–Trinajstić information content (AvgIpc) is 3.13. The maximum atomic E-state index is 12.5. The van der Waals surface area contributed by atoms with Crippen LogP contribution in [0.4, 0.5) is 4.79 Å². The van der Waals surface area contributed by atoms with Crippen molar-refractivity contribution in [1.82, 2.24) is 10.6 Å². The highest BCUT2D eigenvalue weighted by Gasteiger charge is 2.41. The molecule has 4 nitrogen and oxygen atoms in total. The Labute approximate surface area is 148 Å². The number of carbonyl (C=O) groups excluding carboxylic acids is 1. The van der Waals surface area contributed by atoms with Gasteiger partial charge in [0.2, 0.25) is 0 Å². The van der Waals surface area contributed by atoms with Gasteiger partial charge in [-0.25, -0.2) is 4.79 Å². The highest BCUT2D eigenvalue weighted by atomic mass is 32.2. The van der Waals surface area contributed by atoms with Gasteiger partial charge in [-0.3, -0.25) is 0 Å². The number of urea groups is 1. The number of benzene rings is 1. The lowest BCUT2D eigenvalue weighted by Gasteiger charge is -2.38. The minimum atomic E-state index is -0.0309. The van der Waals surface area contributed by atoms with E-state index in [-0.39, 0.29) is 23.7 Å². The monoisotopic (exact) mass is 346 g/mol. The van der Waals surface area contributed by atoms with Crippen LogP contribution >= 0.6 is 11.8 Å². The molecule has 2 saturated heterocycles. The average molecular weight is 346 g/mol. The summed E-state index contributed by atoms with van der Waals surface area (Å²) in [6.45, 7) is 2.99. The van der Waals surface area contributed by atoms with E-state index >= 15 is 0 Å². The molecule has 2 amide bonds. The topological polar surface area (TPSA) is 50.4 Å². The first-order valence-electron chi connectivity index (χ1n) is 9.03. The largest absolute Gasteiger partial charge is 0.374 e. The van der Waals surface area contributed by atoms with Gasteiger partial charge in [-0.15, -0.1) is 0 Å². The molecule has 2 fully saturated rings. The molecule has 1 aliphatic carbocycles. The van der Waals surface area contributed by atoms with Gasteiger partial charge in [0.1, 0.15) is 0 Å². The second-order valence-electron chi connectivity index (χ2n) is 7.46. The second kappa shape index (κ2) is 6.60. The van der Waals surface area contributed by atoms with Gasteiger partial charge in [0, 0.05) is 18.4 Å². The molecule has 0 bridgehead atoms. The summed E-state index contributed by atoms with van der Waals surface area (Å²) in [5.74, 6) is 2.75. The number of carbonyl (C=O) groups is 1. The van der Waals surface area contributed by atoms with Crippen molar-refractivity contribution in [3.8, 4) is 0 Å². The van der Waals surface area contributed by atoms with Gasteiger partial charge in [0.15, 0.2) is 0 Å². The van der Waals surface area contributed by atoms with Crippen LogP contribution < -0.4 is 10.6 Å². The van der Waals surface area contributed by atoms with E-state index in [2.05, 4.69) is 41.8 Å². The molecule has 5 heteroatoms. The first-order chi connectivity index (χ1) is 11.7. The third-order valence-corrected chi connectivity index (χ3v) is 6.92. The zero-order chi connectivity index (χ0) is 16.6. The van der Waals surface area contributed by atoms with E-state index in [1.165, 1.54) is 16.9 Å². The smallest absolute Gasteiger partial charge is 0.315 e. The van der Waals surface area contributed by atoms with Crippen molar-refractivity contribution in [3.63, 3.8) is 0 Å². The fourth-order valence-corrected chi connectivity index (χ4v) is 5.80. The Morgan fingerprint density at radius 3 is 2.92 bits per heavy atom. The molecule has 2 N–H and O–H groups in total. The quantitative estimate of drug-likeness (QED) is 0.860. The number of rotatable bonds is 2. The van der Waals surface area contributed by atoms with Gasteiger partial charge in [0.25, 0.3) is 0 Å². The Hall–Kier alpha value is -1.20. The van der Waals surface area contributed by atoms with Crippen molar-refractivity contribution in [2.24, 2.45) is 0 Å².